The van der Waals surface area contributed by atoms with E-state index in [1.165, 1.54) is 11.1 Å². The van der Waals surface area contributed by atoms with Gasteiger partial charge >= 0.3 is 0 Å². The zero-order chi connectivity index (χ0) is 11.7. The highest BCUT2D eigenvalue weighted by Crippen LogP contribution is 2.34. The van der Waals surface area contributed by atoms with Gasteiger partial charge in [-0.15, -0.1) is 11.3 Å². The lowest BCUT2D eigenvalue weighted by molar-refractivity contribution is 0.416. The van der Waals surface area contributed by atoms with Crippen molar-refractivity contribution in [3.63, 3.8) is 0 Å². The van der Waals surface area contributed by atoms with E-state index in [1.54, 1.807) is 18.4 Å². The van der Waals surface area contributed by atoms with Gasteiger partial charge in [0.05, 0.1) is 12.7 Å². The van der Waals surface area contributed by atoms with Gasteiger partial charge in [-0.25, -0.2) is 4.98 Å². The minimum atomic E-state index is 0.900. The largest absolute Gasteiger partial charge is 0.496 e. The fraction of sp³-hybridized carbons (Fsp3) is 0.308. The van der Waals surface area contributed by atoms with E-state index < -0.39 is 0 Å². The van der Waals surface area contributed by atoms with Gasteiger partial charge < -0.3 is 4.74 Å². The van der Waals surface area contributed by atoms with Gasteiger partial charge in [0.15, 0.2) is 0 Å². The summed E-state index contributed by atoms with van der Waals surface area (Å²) in [5.74, 6) is 0.900. The third kappa shape index (κ3) is 1.95. The number of nitrogens with zero attached hydrogens (tertiary/aromatic N) is 1. The fourth-order valence-corrected chi connectivity index (χ4v) is 2.42. The summed E-state index contributed by atoms with van der Waals surface area (Å²) in [6.45, 7) is 6.21. The maximum atomic E-state index is 5.41. The van der Waals surface area contributed by atoms with Crippen LogP contribution in [0.5, 0.6) is 5.75 Å². The zero-order valence-electron chi connectivity index (χ0n) is 10.00. The Morgan fingerprint density at radius 1 is 1.12 bits per heavy atom. The van der Waals surface area contributed by atoms with Crippen LogP contribution in [-0.4, -0.2) is 12.1 Å². The van der Waals surface area contributed by atoms with E-state index in [-0.39, 0.29) is 0 Å². The summed E-state index contributed by atoms with van der Waals surface area (Å²) in [6, 6.07) is 4.22. The van der Waals surface area contributed by atoms with Crippen molar-refractivity contribution in [2.75, 3.05) is 7.11 Å². The summed E-state index contributed by atoms with van der Waals surface area (Å²) in [5, 5.41) is 3.08. The number of methoxy groups -OCH3 is 1. The smallest absolute Gasteiger partial charge is 0.129 e. The van der Waals surface area contributed by atoms with E-state index in [0.29, 0.717) is 0 Å². The molecular formula is C13H15NOS. The Bertz CT molecular complexity index is 517. The number of thiazole rings is 1. The molecule has 0 N–H and O–H groups in total. The molecule has 3 heteroatoms. The van der Waals surface area contributed by atoms with Crippen LogP contribution in [0, 0.1) is 20.8 Å². The maximum Gasteiger partial charge on any atom is 0.129 e. The topological polar surface area (TPSA) is 22.1 Å². The highest BCUT2D eigenvalue weighted by molar-refractivity contribution is 7.13. The quantitative estimate of drug-likeness (QED) is 0.788. The molecule has 1 aromatic carbocycles. The van der Waals surface area contributed by atoms with Crippen LogP contribution in [0.4, 0.5) is 0 Å². The van der Waals surface area contributed by atoms with Crippen molar-refractivity contribution in [2.24, 2.45) is 0 Å². The van der Waals surface area contributed by atoms with Crippen molar-refractivity contribution in [2.45, 2.75) is 20.8 Å². The molecule has 0 fully saturated rings. The van der Waals surface area contributed by atoms with Crippen molar-refractivity contribution >= 4 is 11.3 Å². The van der Waals surface area contributed by atoms with Gasteiger partial charge in [0.25, 0.3) is 0 Å². The number of aryl methyl sites for hydroxylation is 3. The Labute approximate surface area is 99.9 Å². The van der Waals surface area contributed by atoms with E-state index in [9.17, 15) is 0 Å². The van der Waals surface area contributed by atoms with Crippen molar-refractivity contribution in [3.05, 3.63) is 34.3 Å². The molecule has 0 bridgehead atoms. The van der Waals surface area contributed by atoms with Gasteiger partial charge in [-0.05, 0) is 44.0 Å². The number of hydrogen-bond donors (Lipinski definition) is 0. The Morgan fingerprint density at radius 3 is 2.38 bits per heavy atom. The van der Waals surface area contributed by atoms with Crippen LogP contribution < -0.4 is 4.74 Å². The molecule has 0 aliphatic rings. The van der Waals surface area contributed by atoms with Crippen LogP contribution in [0.3, 0.4) is 0 Å². The van der Waals surface area contributed by atoms with E-state index in [4.69, 9.17) is 4.74 Å². The standard InChI is InChI=1S/C13H15NOS/c1-8-5-11(12(15-4)6-9(8)2)13-14-10(3)7-16-13/h5-7H,1-4H3. The molecule has 0 amide bonds. The van der Waals surface area contributed by atoms with Crippen molar-refractivity contribution in [3.8, 4) is 16.3 Å². The highest BCUT2D eigenvalue weighted by atomic mass is 32.1. The third-order valence-electron chi connectivity index (χ3n) is 2.67. The molecule has 0 saturated carbocycles. The summed E-state index contributed by atoms with van der Waals surface area (Å²) < 4.78 is 5.41. The molecular weight excluding hydrogens is 218 g/mol. The molecule has 2 aromatic rings. The van der Waals surface area contributed by atoms with E-state index in [2.05, 4.69) is 36.3 Å². The minimum absolute atomic E-state index is 0.900. The first-order valence-corrected chi connectivity index (χ1v) is 6.07. The number of benzene rings is 1. The molecule has 16 heavy (non-hydrogen) atoms. The predicted octanol–water partition coefficient (Wildman–Crippen LogP) is 3.74. The molecule has 2 nitrogen and oxygen atoms in total. The van der Waals surface area contributed by atoms with Crippen LogP contribution in [0.25, 0.3) is 10.6 Å². The predicted molar refractivity (Wildman–Crippen MR) is 68.3 cm³/mol. The first-order valence-electron chi connectivity index (χ1n) is 5.19. The average molecular weight is 233 g/mol. The second-order valence-electron chi connectivity index (χ2n) is 3.93. The van der Waals surface area contributed by atoms with Crippen LogP contribution in [0.15, 0.2) is 17.5 Å². The molecule has 84 valence electrons. The lowest BCUT2D eigenvalue weighted by atomic mass is 10.1. The van der Waals surface area contributed by atoms with Crippen LogP contribution in [0.1, 0.15) is 16.8 Å². The molecule has 0 unspecified atom stereocenters. The van der Waals surface area contributed by atoms with E-state index >= 15 is 0 Å². The van der Waals surface area contributed by atoms with Gasteiger partial charge in [-0.1, -0.05) is 0 Å². The normalized spacial score (nSPS) is 10.5. The number of aromatic nitrogens is 1. The first-order chi connectivity index (χ1) is 7.61. The van der Waals surface area contributed by atoms with Gasteiger partial charge in [0.1, 0.15) is 10.8 Å². The van der Waals surface area contributed by atoms with Crippen LogP contribution >= 0.6 is 11.3 Å². The third-order valence-corrected chi connectivity index (χ3v) is 3.66. The van der Waals surface area contributed by atoms with Crippen LogP contribution in [0.2, 0.25) is 0 Å². The molecule has 2 rings (SSSR count). The minimum Gasteiger partial charge on any atom is -0.496 e. The van der Waals surface area contributed by atoms with Crippen molar-refractivity contribution < 1.29 is 4.74 Å². The van der Waals surface area contributed by atoms with Gasteiger partial charge in [0.2, 0.25) is 0 Å². The maximum absolute atomic E-state index is 5.41. The molecule has 0 spiro atoms. The molecule has 1 heterocycles. The summed E-state index contributed by atoms with van der Waals surface area (Å²) in [5.41, 5.74) is 4.65. The van der Waals surface area contributed by atoms with Crippen molar-refractivity contribution in [1.29, 1.82) is 0 Å². The summed E-state index contributed by atoms with van der Waals surface area (Å²) in [7, 11) is 1.70. The first kappa shape index (κ1) is 11.1. The Hall–Kier alpha value is -1.35. The molecule has 0 radical (unpaired) electrons. The van der Waals surface area contributed by atoms with Gasteiger partial charge in [-0.3, -0.25) is 0 Å². The summed E-state index contributed by atoms with van der Waals surface area (Å²) >= 11 is 1.66. The summed E-state index contributed by atoms with van der Waals surface area (Å²) in [4.78, 5) is 4.50. The molecule has 1 aromatic heterocycles. The Morgan fingerprint density at radius 2 is 1.81 bits per heavy atom. The Kier molecular flexibility index (Phi) is 2.97. The molecule has 0 saturated heterocycles. The van der Waals surface area contributed by atoms with Gasteiger partial charge in [-0.2, -0.15) is 0 Å². The lowest BCUT2D eigenvalue weighted by Gasteiger charge is -2.09. The molecule has 0 atom stereocenters. The monoisotopic (exact) mass is 233 g/mol. The summed E-state index contributed by atoms with van der Waals surface area (Å²) in [6.07, 6.45) is 0. The zero-order valence-corrected chi connectivity index (χ0v) is 10.8. The van der Waals surface area contributed by atoms with Crippen LogP contribution in [-0.2, 0) is 0 Å². The second kappa shape index (κ2) is 4.26. The van der Waals surface area contributed by atoms with Gasteiger partial charge in [0, 0.05) is 11.1 Å². The lowest BCUT2D eigenvalue weighted by Crippen LogP contribution is -1.91. The SMILES string of the molecule is COc1cc(C)c(C)cc1-c1nc(C)cs1. The fourth-order valence-electron chi connectivity index (χ4n) is 1.60. The average Bonchev–Trinajstić information content (AvgIpc) is 2.68. The molecule has 0 aliphatic carbocycles. The number of rotatable bonds is 2. The number of hydrogen-bond acceptors (Lipinski definition) is 3. The Balaban J connectivity index is 2.59. The number of ether oxygens (including phenoxy) is 1. The highest BCUT2D eigenvalue weighted by Gasteiger charge is 2.10. The van der Waals surface area contributed by atoms with E-state index in [1.807, 2.05) is 6.92 Å². The van der Waals surface area contributed by atoms with E-state index in [0.717, 1.165) is 22.0 Å². The second-order valence-corrected chi connectivity index (χ2v) is 4.79. The molecule has 0 aliphatic heterocycles. The van der Waals surface area contributed by atoms with Crippen molar-refractivity contribution in [1.82, 2.24) is 4.98 Å².